The van der Waals surface area contributed by atoms with Gasteiger partial charge in [0.05, 0.1) is 17.3 Å². The molecule has 0 aliphatic carbocycles. The van der Waals surface area contributed by atoms with Crippen LogP contribution in [0.1, 0.15) is 5.56 Å². The number of halogens is 2. The maximum absolute atomic E-state index is 12.0. The van der Waals surface area contributed by atoms with Crippen LogP contribution >= 0.6 is 23.2 Å². The van der Waals surface area contributed by atoms with Gasteiger partial charge in [-0.1, -0.05) is 41.4 Å². The SMILES string of the molecule is Cc1ccc(Cl)c(OCC(=O)NCCn2nc(-c3ccc(Cl)cc3)ccc2=O)c1. The van der Waals surface area contributed by atoms with Crippen LogP contribution in [0, 0.1) is 6.92 Å². The Labute approximate surface area is 178 Å². The van der Waals surface area contributed by atoms with Gasteiger partial charge in [0.15, 0.2) is 6.61 Å². The third-order valence-electron chi connectivity index (χ3n) is 4.10. The van der Waals surface area contributed by atoms with Gasteiger partial charge >= 0.3 is 0 Å². The number of benzene rings is 2. The Bertz CT molecular complexity index is 1070. The molecule has 1 heterocycles. The standard InChI is InChI=1S/C21H19Cl2N3O3/c1-14-2-7-17(23)19(12-14)29-13-20(27)24-10-11-26-21(28)9-8-18(25-26)15-3-5-16(22)6-4-15/h2-9,12H,10-11,13H2,1H3,(H,24,27). The molecule has 3 aromatic rings. The molecule has 0 saturated carbocycles. The average molecular weight is 432 g/mol. The molecule has 29 heavy (non-hydrogen) atoms. The fourth-order valence-electron chi connectivity index (χ4n) is 2.60. The third-order valence-corrected chi connectivity index (χ3v) is 4.66. The van der Waals surface area contributed by atoms with E-state index in [1.165, 1.54) is 10.7 Å². The number of nitrogens with zero attached hydrogens (tertiary/aromatic N) is 2. The molecule has 0 bridgehead atoms. The van der Waals surface area contributed by atoms with E-state index in [9.17, 15) is 9.59 Å². The number of aryl methyl sites for hydroxylation is 1. The highest BCUT2D eigenvalue weighted by atomic mass is 35.5. The van der Waals surface area contributed by atoms with Crippen LogP contribution in [-0.4, -0.2) is 28.8 Å². The molecule has 6 nitrogen and oxygen atoms in total. The number of carbonyl (C=O) groups excluding carboxylic acids is 1. The largest absolute Gasteiger partial charge is 0.482 e. The zero-order valence-electron chi connectivity index (χ0n) is 15.7. The van der Waals surface area contributed by atoms with Crippen molar-refractivity contribution in [2.24, 2.45) is 0 Å². The van der Waals surface area contributed by atoms with Crippen LogP contribution in [0.15, 0.2) is 59.4 Å². The molecule has 0 aliphatic heterocycles. The van der Waals surface area contributed by atoms with Gasteiger partial charge in [0.1, 0.15) is 5.75 Å². The van der Waals surface area contributed by atoms with Gasteiger partial charge < -0.3 is 10.1 Å². The van der Waals surface area contributed by atoms with E-state index in [-0.39, 0.29) is 31.2 Å². The van der Waals surface area contributed by atoms with Gasteiger partial charge in [-0.15, -0.1) is 0 Å². The van der Waals surface area contributed by atoms with E-state index in [1.54, 1.807) is 30.3 Å². The third kappa shape index (κ3) is 5.82. The van der Waals surface area contributed by atoms with Gasteiger partial charge in [0, 0.05) is 23.2 Å². The zero-order valence-corrected chi connectivity index (χ0v) is 17.2. The number of ether oxygens (including phenoxy) is 1. The van der Waals surface area contributed by atoms with Gasteiger partial charge in [0.25, 0.3) is 11.5 Å². The molecule has 0 aliphatic rings. The maximum atomic E-state index is 12.0. The Hall–Kier alpha value is -2.83. The minimum absolute atomic E-state index is 0.170. The predicted octanol–water partition coefficient (Wildman–Crippen LogP) is 3.72. The molecule has 1 aromatic heterocycles. The monoisotopic (exact) mass is 431 g/mol. The summed E-state index contributed by atoms with van der Waals surface area (Å²) in [4.78, 5) is 24.0. The fourth-order valence-corrected chi connectivity index (χ4v) is 2.90. The Morgan fingerprint density at radius 2 is 1.86 bits per heavy atom. The molecule has 0 fully saturated rings. The van der Waals surface area contributed by atoms with E-state index < -0.39 is 0 Å². The van der Waals surface area contributed by atoms with Gasteiger partial charge in [-0.25, -0.2) is 4.68 Å². The zero-order chi connectivity index (χ0) is 20.8. The second-order valence-electron chi connectivity index (χ2n) is 6.36. The molecule has 0 unspecified atom stereocenters. The van der Waals surface area contributed by atoms with E-state index in [0.717, 1.165) is 11.1 Å². The van der Waals surface area contributed by atoms with Crippen LogP contribution in [0.5, 0.6) is 5.75 Å². The van der Waals surface area contributed by atoms with Crippen molar-refractivity contribution < 1.29 is 9.53 Å². The molecule has 8 heteroatoms. The smallest absolute Gasteiger partial charge is 0.266 e. The van der Waals surface area contributed by atoms with Crippen molar-refractivity contribution in [3.8, 4) is 17.0 Å². The molecule has 0 radical (unpaired) electrons. The summed E-state index contributed by atoms with van der Waals surface area (Å²) < 4.78 is 6.76. The minimum Gasteiger partial charge on any atom is -0.482 e. The summed E-state index contributed by atoms with van der Waals surface area (Å²) in [6.45, 7) is 2.21. The summed E-state index contributed by atoms with van der Waals surface area (Å²) in [6.07, 6.45) is 0. The lowest BCUT2D eigenvalue weighted by Crippen LogP contribution is -2.34. The molecular formula is C21H19Cl2N3O3. The summed E-state index contributed by atoms with van der Waals surface area (Å²) in [5.74, 6) is 0.139. The van der Waals surface area contributed by atoms with Crippen molar-refractivity contribution in [3.63, 3.8) is 0 Å². The Morgan fingerprint density at radius 1 is 1.10 bits per heavy atom. The Morgan fingerprint density at radius 3 is 2.62 bits per heavy atom. The van der Waals surface area contributed by atoms with Crippen molar-refractivity contribution in [1.82, 2.24) is 15.1 Å². The predicted molar refractivity (Wildman–Crippen MR) is 114 cm³/mol. The van der Waals surface area contributed by atoms with E-state index in [2.05, 4.69) is 10.4 Å². The highest BCUT2D eigenvalue weighted by molar-refractivity contribution is 6.32. The molecular weight excluding hydrogens is 413 g/mol. The van der Waals surface area contributed by atoms with Crippen LogP contribution in [0.25, 0.3) is 11.3 Å². The molecule has 0 atom stereocenters. The van der Waals surface area contributed by atoms with Crippen molar-refractivity contribution in [2.75, 3.05) is 13.2 Å². The quantitative estimate of drug-likeness (QED) is 0.618. The number of nitrogens with one attached hydrogen (secondary N) is 1. The van der Waals surface area contributed by atoms with Crippen molar-refractivity contribution in [1.29, 1.82) is 0 Å². The van der Waals surface area contributed by atoms with Crippen LogP contribution in [-0.2, 0) is 11.3 Å². The van der Waals surface area contributed by atoms with Crippen LogP contribution in [0.3, 0.4) is 0 Å². The summed E-state index contributed by atoms with van der Waals surface area (Å²) in [6, 6.07) is 15.6. The Balaban J connectivity index is 1.55. The molecule has 3 rings (SSSR count). The van der Waals surface area contributed by atoms with E-state index in [4.69, 9.17) is 27.9 Å². The number of aromatic nitrogens is 2. The van der Waals surface area contributed by atoms with E-state index in [0.29, 0.717) is 21.5 Å². The van der Waals surface area contributed by atoms with E-state index in [1.807, 2.05) is 25.1 Å². The number of amides is 1. The molecule has 150 valence electrons. The highest BCUT2D eigenvalue weighted by Gasteiger charge is 2.07. The molecule has 1 N–H and O–H groups in total. The first-order chi connectivity index (χ1) is 13.9. The lowest BCUT2D eigenvalue weighted by Gasteiger charge is -2.10. The van der Waals surface area contributed by atoms with Crippen molar-refractivity contribution >= 4 is 29.1 Å². The topological polar surface area (TPSA) is 73.2 Å². The van der Waals surface area contributed by atoms with Gasteiger partial charge in [-0.05, 0) is 42.8 Å². The van der Waals surface area contributed by atoms with Gasteiger partial charge in [-0.3, -0.25) is 9.59 Å². The Kier molecular flexibility index (Phi) is 6.90. The highest BCUT2D eigenvalue weighted by Crippen LogP contribution is 2.25. The lowest BCUT2D eigenvalue weighted by molar-refractivity contribution is -0.123. The van der Waals surface area contributed by atoms with E-state index >= 15 is 0 Å². The maximum Gasteiger partial charge on any atom is 0.266 e. The normalized spacial score (nSPS) is 10.6. The molecule has 1 amide bonds. The van der Waals surface area contributed by atoms with Crippen LogP contribution in [0.2, 0.25) is 10.0 Å². The van der Waals surface area contributed by atoms with Crippen molar-refractivity contribution in [3.05, 3.63) is 80.6 Å². The molecule has 0 saturated heterocycles. The molecule has 0 spiro atoms. The van der Waals surface area contributed by atoms with Crippen molar-refractivity contribution in [2.45, 2.75) is 13.5 Å². The number of rotatable bonds is 7. The number of carbonyl (C=O) groups is 1. The summed E-state index contributed by atoms with van der Waals surface area (Å²) in [5.41, 5.74) is 2.22. The molecule has 2 aromatic carbocycles. The lowest BCUT2D eigenvalue weighted by atomic mass is 10.1. The first-order valence-corrected chi connectivity index (χ1v) is 9.68. The number of hydrogen-bond donors (Lipinski definition) is 1. The summed E-state index contributed by atoms with van der Waals surface area (Å²) in [5, 5.41) is 8.12. The van der Waals surface area contributed by atoms with Crippen LogP contribution < -0.4 is 15.6 Å². The number of hydrogen-bond acceptors (Lipinski definition) is 4. The van der Waals surface area contributed by atoms with Gasteiger partial charge in [-0.2, -0.15) is 5.10 Å². The van der Waals surface area contributed by atoms with Gasteiger partial charge in [0.2, 0.25) is 0 Å². The first kappa shape index (κ1) is 20.9. The average Bonchev–Trinajstić information content (AvgIpc) is 2.71. The summed E-state index contributed by atoms with van der Waals surface area (Å²) in [7, 11) is 0. The minimum atomic E-state index is -0.315. The second kappa shape index (κ2) is 9.58. The fraction of sp³-hybridized carbons (Fsp3) is 0.190. The summed E-state index contributed by atoms with van der Waals surface area (Å²) >= 11 is 11.9. The second-order valence-corrected chi connectivity index (χ2v) is 7.20. The van der Waals surface area contributed by atoms with Crippen LogP contribution in [0.4, 0.5) is 0 Å². The first-order valence-electron chi connectivity index (χ1n) is 8.92.